The van der Waals surface area contributed by atoms with Crippen LogP contribution in [0.3, 0.4) is 0 Å². The monoisotopic (exact) mass is 211 g/mol. The van der Waals surface area contributed by atoms with E-state index in [9.17, 15) is 5.11 Å². The second-order valence-electron chi connectivity index (χ2n) is 4.69. The van der Waals surface area contributed by atoms with Crippen LogP contribution in [-0.2, 0) is 5.54 Å². The average Bonchev–Trinajstić information content (AvgIpc) is 2.50. The maximum Gasteiger partial charge on any atom is 0.122 e. The summed E-state index contributed by atoms with van der Waals surface area (Å²) in [6.45, 7) is 4.20. The Morgan fingerprint density at radius 3 is 2.43 bits per heavy atom. The van der Waals surface area contributed by atoms with Gasteiger partial charge in [-0.15, -0.1) is 0 Å². The molecule has 3 heteroatoms. The Kier molecular flexibility index (Phi) is 1.85. The third-order valence-corrected chi connectivity index (χ3v) is 3.48. The highest BCUT2D eigenvalue weighted by Gasteiger charge is 2.60. The highest BCUT2D eigenvalue weighted by Crippen LogP contribution is 2.61. The standard InChI is InChI=1S/C11H14ClNO/c1-10(2)6-11(10,13)8-4-3-7(12)5-9(8)14/h3-5,14H,6,13H2,1-2H3. The minimum absolute atomic E-state index is 0.0678. The maximum absolute atomic E-state index is 9.73. The summed E-state index contributed by atoms with van der Waals surface area (Å²) < 4.78 is 0. The van der Waals surface area contributed by atoms with Gasteiger partial charge in [-0.1, -0.05) is 31.5 Å². The summed E-state index contributed by atoms with van der Waals surface area (Å²) in [5.74, 6) is 0.200. The molecule has 1 unspecified atom stereocenters. The third-order valence-electron chi connectivity index (χ3n) is 3.24. The topological polar surface area (TPSA) is 46.2 Å². The van der Waals surface area contributed by atoms with Gasteiger partial charge in [0.15, 0.2) is 0 Å². The summed E-state index contributed by atoms with van der Waals surface area (Å²) >= 11 is 5.76. The molecule has 0 aromatic heterocycles. The fourth-order valence-corrected chi connectivity index (χ4v) is 2.16. The Bertz CT molecular complexity index is 389. The van der Waals surface area contributed by atoms with E-state index in [2.05, 4.69) is 13.8 Å². The number of phenols is 1. The van der Waals surface area contributed by atoms with Crippen molar-refractivity contribution in [1.29, 1.82) is 0 Å². The molecule has 0 radical (unpaired) electrons. The van der Waals surface area contributed by atoms with Gasteiger partial charge in [0.25, 0.3) is 0 Å². The Labute approximate surface area is 88.7 Å². The van der Waals surface area contributed by atoms with E-state index in [1.807, 2.05) is 6.07 Å². The molecule has 1 aliphatic carbocycles. The molecule has 3 N–H and O–H groups in total. The minimum atomic E-state index is -0.387. The Morgan fingerprint density at radius 1 is 1.43 bits per heavy atom. The molecular formula is C11H14ClNO. The van der Waals surface area contributed by atoms with Crippen LogP contribution in [0, 0.1) is 5.41 Å². The number of halogens is 1. The molecule has 0 amide bonds. The minimum Gasteiger partial charge on any atom is -0.508 e. The first-order chi connectivity index (χ1) is 6.37. The maximum atomic E-state index is 9.73. The lowest BCUT2D eigenvalue weighted by atomic mass is 9.96. The highest BCUT2D eigenvalue weighted by atomic mass is 35.5. The first-order valence-electron chi connectivity index (χ1n) is 4.65. The molecule has 1 fully saturated rings. The number of hydrogen-bond acceptors (Lipinski definition) is 2. The molecular weight excluding hydrogens is 198 g/mol. The third kappa shape index (κ3) is 1.22. The number of phenolic OH excluding ortho intramolecular Hbond substituents is 1. The van der Waals surface area contributed by atoms with Gasteiger partial charge in [-0.3, -0.25) is 0 Å². The number of aromatic hydroxyl groups is 1. The first-order valence-corrected chi connectivity index (χ1v) is 5.02. The fraction of sp³-hybridized carbons (Fsp3) is 0.455. The summed E-state index contributed by atoms with van der Waals surface area (Å²) in [5.41, 5.74) is 6.67. The molecule has 0 bridgehead atoms. The number of hydrogen-bond donors (Lipinski definition) is 2. The van der Waals surface area contributed by atoms with E-state index in [1.165, 1.54) is 0 Å². The molecule has 0 aliphatic heterocycles. The van der Waals surface area contributed by atoms with Crippen molar-refractivity contribution in [3.8, 4) is 5.75 Å². The summed E-state index contributed by atoms with van der Waals surface area (Å²) in [4.78, 5) is 0. The number of benzene rings is 1. The van der Waals surface area contributed by atoms with Gasteiger partial charge in [0, 0.05) is 10.6 Å². The van der Waals surface area contributed by atoms with Crippen molar-refractivity contribution in [3.05, 3.63) is 28.8 Å². The van der Waals surface area contributed by atoms with Crippen LogP contribution in [-0.4, -0.2) is 5.11 Å². The first kappa shape index (κ1) is 9.81. The van der Waals surface area contributed by atoms with Gasteiger partial charge in [-0.25, -0.2) is 0 Å². The van der Waals surface area contributed by atoms with Crippen LogP contribution >= 0.6 is 11.6 Å². The summed E-state index contributed by atoms with van der Waals surface area (Å²) in [6, 6.07) is 5.12. The molecule has 1 aromatic rings. The lowest BCUT2D eigenvalue weighted by Crippen LogP contribution is -2.25. The summed E-state index contributed by atoms with van der Waals surface area (Å²) in [5, 5.41) is 10.3. The molecule has 14 heavy (non-hydrogen) atoms. The average molecular weight is 212 g/mol. The van der Waals surface area contributed by atoms with Gasteiger partial charge in [0.2, 0.25) is 0 Å². The molecule has 2 nitrogen and oxygen atoms in total. The predicted molar refractivity (Wildman–Crippen MR) is 57.4 cm³/mol. The molecule has 0 saturated heterocycles. The van der Waals surface area contributed by atoms with Gasteiger partial charge in [0.1, 0.15) is 5.75 Å². The Morgan fingerprint density at radius 2 is 2.00 bits per heavy atom. The number of nitrogens with two attached hydrogens (primary N) is 1. The van der Waals surface area contributed by atoms with Gasteiger partial charge < -0.3 is 10.8 Å². The molecule has 1 aliphatic rings. The van der Waals surface area contributed by atoms with E-state index in [0.29, 0.717) is 5.02 Å². The van der Waals surface area contributed by atoms with Crippen molar-refractivity contribution >= 4 is 11.6 Å². The Balaban J connectivity index is 2.45. The van der Waals surface area contributed by atoms with Crippen LogP contribution < -0.4 is 5.73 Å². The Hall–Kier alpha value is -0.730. The largest absolute Gasteiger partial charge is 0.508 e. The molecule has 1 saturated carbocycles. The van der Waals surface area contributed by atoms with Crippen LogP contribution in [0.15, 0.2) is 18.2 Å². The van der Waals surface area contributed by atoms with Crippen molar-refractivity contribution in [2.24, 2.45) is 11.1 Å². The SMILES string of the molecule is CC1(C)CC1(N)c1ccc(Cl)cc1O. The van der Waals surface area contributed by atoms with Crippen molar-refractivity contribution in [2.45, 2.75) is 25.8 Å². The zero-order chi connectivity index (χ0) is 10.6. The second kappa shape index (κ2) is 2.65. The lowest BCUT2D eigenvalue weighted by Gasteiger charge is -2.16. The van der Waals surface area contributed by atoms with E-state index in [4.69, 9.17) is 17.3 Å². The van der Waals surface area contributed by atoms with Crippen molar-refractivity contribution in [2.75, 3.05) is 0 Å². The van der Waals surface area contributed by atoms with Crippen LogP contribution in [0.4, 0.5) is 0 Å². The molecule has 0 spiro atoms. The van der Waals surface area contributed by atoms with Gasteiger partial charge in [-0.05, 0) is 24.0 Å². The zero-order valence-corrected chi connectivity index (χ0v) is 9.10. The van der Waals surface area contributed by atoms with Crippen LogP contribution in [0.5, 0.6) is 5.75 Å². The van der Waals surface area contributed by atoms with E-state index in [0.717, 1.165) is 12.0 Å². The van der Waals surface area contributed by atoms with Crippen LogP contribution in [0.1, 0.15) is 25.8 Å². The molecule has 76 valence electrons. The van der Waals surface area contributed by atoms with E-state index >= 15 is 0 Å². The van der Waals surface area contributed by atoms with Crippen LogP contribution in [0.2, 0.25) is 5.02 Å². The van der Waals surface area contributed by atoms with Gasteiger partial charge in [-0.2, -0.15) is 0 Å². The molecule has 0 heterocycles. The van der Waals surface area contributed by atoms with E-state index in [-0.39, 0.29) is 16.7 Å². The van der Waals surface area contributed by atoms with Gasteiger partial charge in [0.05, 0.1) is 5.54 Å². The number of rotatable bonds is 1. The quantitative estimate of drug-likeness (QED) is 0.750. The summed E-state index contributed by atoms with van der Waals surface area (Å²) in [7, 11) is 0. The molecule has 2 rings (SSSR count). The van der Waals surface area contributed by atoms with Crippen molar-refractivity contribution in [1.82, 2.24) is 0 Å². The van der Waals surface area contributed by atoms with Crippen LogP contribution in [0.25, 0.3) is 0 Å². The van der Waals surface area contributed by atoms with Gasteiger partial charge >= 0.3 is 0 Å². The lowest BCUT2D eigenvalue weighted by molar-refractivity contribution is 0.439. The molecule has 1 aromatic carbocycles. The second-order valence-corrected chi connectivity index (χ2v) is 5.13. The van der Waals surface area contributed by atoms with Crippen molar-refractivity contribution in [3.63, 3.8) is 0 Å². The van der Waals surface area contributed by atoms with E-state index < -0.39 is 0 Å². The highest BCUT2D eigenvalue weighted by molar-refractivity contribution is 6.30. The van der Waals surface area contributed by atoms with E-state index in [1.54, 1.807) is 12.1 Å². The predicted octanol–water partition coefficient (Wildman–Crippen LogP) is 2.63. The normalized spacial score (nSPS) is 28.9. The molecule has 1 atom stereocenters. The fourth-order valence-electron chi connectivity index (χ4n) is 1.99. The zero-order valence-electron chi connectivity index (χ0n) is 8.34. The smallest absolute Gasteiger partial charge is 0.122 e. The summed E-state index contributed by atoms with van der Waals surface area (Å²) in [6.07, 6.45) is 0.898. The van der Waals surface area contributed by atoms with Crippen molar-refractivity contribution < 1.29 is 5.11 Å².